The van der Waals surface area contributed by atoms with Gasteiger partial charge in [0.2, 0.25) is 5.95 Å². The van der Waals surface area contributed by atoms with Crippen LogP contribution in [0.4, 0.5) is 5.95 Å². The fourth-order valence-electron chi connectivity index (χ4n) is 1.78. The molecule has 0 saturated carbocycles. The van der Waals surface area contributed by atoms with Crippen LogP contribution < -0.4 is 5.32 Å². The third kappa shape index (κ3) is 3.64. The van der Waals surface area contributed by atoms with Gasteiger partial charge >= 0.3 is 0 Å². The highest BCUT2D eigenvalue weighted by Gasteiger charge is 2.19. The molecule has 0 bridgehead atoms. The molecule has 1 aromatic rings. The summed E-state index contributed by atoms with van der Waals surface area (Å²) in [5, 5.41) is 3.17. The van der Waals surface area contributed by atoms with Gasteiger partial charge in [0, 0.05) is 31.5 Å². The predicted octanol–water partition coefficient (Wildman–Crippen LogP) is 1.16. The third-order valence-electron chi connectivity index (χ3n) is 3.18. The van der Waals surface area contributed by atoms with Crippen LogP contribution >= 0.6 is 0 Å². The second-order valence-electron chi connectivity index (χ2n) is 4.65. The summed E-state index contributed by atoms with van der Waals surface area (Å²) < 4.78 is 5.23. The van der Waals surface area contributed by atoms with Crippen molar-refractivity contribution in [3.05, 3.63) is 18.0 Å². The molecule has 1 unspecified atom stereocenters. The van der Waals surface area contributed by atoms with Crippen LogP contribution in [-0.4, -0.2) is 53.1 Å². The number of amides is 1. The molecule has 104 valence electrons. The number of nitrogens with one attached hydrogen (secondary N) is 1. The number of aromatic nitrogens is 2. The topological polar surface area (TPSA) is 67.4 Å². The van der Waals surface area contributed by atoms with E-state index >= 15 is 0 Å². The van der Waals surface area contributed by atoms with Gasteiger partial charge in [0.1, 0.15) is 0 Å². The molecule has 2 heterocycles. The van der Waals surface area contributed by atoms with Crippen LogP contribution in [0.1, 0.15) is 30.6 Å². The van der Waals surface area contributed by atoms with E-state index in [9.17, 15) is 4.79 Å². The molecule has 1 aliphatic heterocycles. The Hall–Kier alpha value is -1.69. The highest BCUT2D eigenvalue weighted by molar-refractivity contribution is 5.93. The first-order valence-electron chi connectivity index (χ1n) is 6.66. The maximum Gasteiger partial charge on any atom is 0.257 e. The Morgan fingerprint density at radius 3 is 2.63 bits per heavy atom. The van der Waals surface area contributed by atoms with Crippen LogP contribution in [-0.2, 0) is 4.74 Å². The van der Waals surface area contributed by atoms with Crippen molar-refractivity contribution in [3.8, 4) is 0 Å². The van der Waals surface area contributed by atoms with Gasteiger partial charge in [0.25, 0.3) is 5.91 Å². The molecule has 1 fully saturated rings. The maximum absolute atomic E-state index is 12.2. The van der Waals surface area contributed by atoms with E-state index in [1.807, 2.05) is 0 Å². The van der Waals surface area contributed by atoms with Crippen molar-refractivity contribution in [1.29, 1.82) is 0 Å². The summed E-state index contributed by atoms with van der Waals surface area (Å²) in [4.78, 5) is 22.3. The molecule has 1 saturated heterocycles. The van der Waals surface area contributed by atoms with Crippen molar-refractivity contribution in [3.63, 3.8) is 0 Å². The molecule has 1 aromatic heterocycles. The number of hydrogen-bond donors (Lipinski definition) is 1. The Balaban J connectivity index is 1.99. The number of morpholine rings is 1. The Bertz CT molecular complexity index is 415. The number of carbonyl (C=O) groups excluding carboxylic acids is 1. The molecule has 1 amide bonds. The van der Waals surface area contributed by atoms with Crippen molar-refractivity contribution in [2.75, 3.05) is 31.6 Å². The van der Waals surface area contributed by atoms with Crippen molar-refractivity contribution >= 4 is 11.9 Å². The molecule has 6 heteroatoms. The van der Waals surface area contributed by atoms with E-state index in [0.717, 1.165) is 6.42 Å². The second-order valence-corrected chi connectivity index (χ2v) is 4.65. The minimum absolute atomic E-state index is 0.0293. The zero-order chi connectivity index (χ0) is 13.7. The van der Waals surface area contributed by atoms with E-state index in [-0.39, 0.29) is 5.91 Å². The largest absolute Gasteiger partial charge is 0.378 e. The van der Waals surface area contributed by atoms with Crippen LogP contribution in [0.5, 0.6) is 0 Å². The predicted molar refractivity (Wildman–Crippen MR) is 72.1 cm³/mol. The number of nitrogens with zero attached hydrogens (tertiary/aromatic N) is 3. The lowest BCUT2D eigenvalue weighted by Crippen LogP contribution is -2.40. The molecule has 1 atom stereocenters. The first-order valence-corrected chi connectivity index (χ1v) is 6.66. The summed E-state index contributed by atoms with van der Waals surface area (Å²) in [6.07, 6.45) is 4.16. The van der Waals surface area contributed by atoms with Gasteiger partial charge in [0.15, 0.2) is 0 Å². The third-order valence-corrected chi connectivity index (χ3v) is 3.18. The van der Waals surface area contributed by atoms with Crippen molar-refractivity contribution in [1.82, 2.24) is 14.9 Å². The first kappa shape index (κ1) is 13.7. The van der Waals surface area contributed by atoms with E-state index in [4.69, 9.17) is 4.74 Å². The smallest absolute Gasteiger partial charge is 0.257 e. The number of hydrogen-bond acceptors (Lipinski definition) is 5. The molecular formula is C13H20N4O2. The van der Waals surface area contributed by atoms with Crippen molar-refractivity contribution < 1.29 is 9.53 Å². The Morgan fingerprint density at radius 1 is 1.42 bits per heavy atom. The van der Waals surface area contributed by atoms with E-state index in [1.165, 1.54) is 0 Å². The van der Waals surface area contributed by atoms with E-state index < -0.39 is 0 Å². The number of anilines is 1. The van der Waals surface area contributed by atoms with Gasteiger partial charge in [0.05, 0.1) is 18.8 Å². The lowest BCUT2D eigenvalue weighted by molar-refractivity contribution is 0.0302. The zero-order valence-corrected chi connectivity index (χ0v) is 11.4. The Labute approximate surface area is 113 Å². The van der Waals surface area contributed by atoms with Crippen molar-refractivity contribution in [2.45, 2.75) is 26.3 Å². The second kappa shape index (κ2) is 6.47. The lowest BCUT2D eigenvalue weighted by Gasteiger charge is -2.26. The summed E-state index contributed by atoms with van der Waals surface area (Å²) in [6, 6.07) is 0.320. The highest BCUT2D eigenvalue weighted by Crippen LogP contribution is 2.08. The molecule has 0 radical (unpaired) electrons. The van der Waals surface area contributed by atoms with E-state index in [1.54, 1.807) is 17.3 Å². The fourth-order valence-corrected chi connectivity index (χ4v) is 1.78. The Morgan fingerprint density at radius 2 is 2.05 bits per heavy atom. The molecular weight excluding hydrogens is 244 g/mol. The minimum atomic E-state index is -0.0293. The molecule has 2 rings (SSSR count). The van der Waals surface area contributed by atoms with E-state index in [0.29, 0.717) is 43.9 Å². The summed E-state index contributed by atoms with van der Waals surface area (Å²) in [5.74, 6) is 0.534. The maximum atomic E-state index is 12.2. The van der Waals surface area contributed by atoms with Crippen LogP contribution in [0.25, 0.3) is 0 Å². The quantitative estimate of drug-likeness (QED) is 0.884. The van der Waals surface area contributed by atoms with Crippen LogP contribution in [0.3, 0.4) is 0 Å². The summed E-state index contributed by atoms with van der Waals surface area (Å²) >= 11 is 0. The molecule has 6 nitrogen and oxygen atoms in total. The summed E-state index contributed by atoms with van der Waals surface area (Å²) in [6.45, 7) is 6.61. The molecule has 19 heavy (non-hydrogen) atoms. The van der Waals surface area contributed by atoms with Gasteiger partial charge in [-0.05, 0) is 13.3 Å². The molecule has 1 aliphatic rings. The van der Waals surface area contributed by atoms with Crippen LogP contribution in [0, 0.1) is 0 Å². The Kier molecular flexibility index (Phi) is 4.68. The van der Waals surface area contributed by atoms with Gasteiger partial charge in [-0.1, -0.05) is 6.92 Å². The molecule has 0 aromatic carbocycles. The van der Waals surface area contributed by atoms with Gasteiger partial charge in [-0.15, -0.1) is 0 Å². The van der Waals surface area contributed by atoms with Crippen LogP contribution in [0.2, 0.25) is 0 Å². The number of ether oxygens (including phenoxy) is 1. The fraction of sp³-hybridized carbons (Fsp3) is 0.615. The molecule has 0 aliphatic carbocycles. The van der Waals surface area contributed by atoms with Gasteiger partial charge in [-0.3, -0.25) is 4.79 Å². The first-order chi connectivity index (χ1) is 9.20. The van der Waals surface area contributed by atoms with Crippen molar-refractivity contribution in [2.24, 2.45) is 0 Å². The molecule has 0 spiro atoms. The lowest BCUT2D eigenvalue weighted by atomic mass is 10.2. The normalized spacial score (nSPS) is 17.1. The van der Waals surface area contributed by atoms with Gasteiger partial charge in [-0.25, -0.2) is 9.97 Å². The van der Waals surface area contributed by atoms with E-state index in [2.05, 4.69) is 29.1 Å². The van der Waals surface area contributed by atoms with Gasteiger partial charge < -0.3 is 15.0 Å². The molecule has 1 N–H and O–H groups in total. The SMILES string of the molecule is CCC(C)Nc1ncc(C(=O)N2CCOCC2)cn1. The zero-order valence-electron chi connectivity index (χ0n) is 11.4. The van der Waals surface area contributed by atoms with Crippen LogP contribution in [0.15, 0.2) is 12.4 Å². The number of carbonyl (C=O) groups is 1. The minimum Gasteiger partial charge on any atom is -0.378 e. The monoisotopic (exact) mass is 264 g/mol. The van der Waals surface area contributed by atoms with Gasteiger partial charge in [-0.2, -0.15) is 0 Å². The summed E-state index contributed by atoms with van der Waals surface area (Å²) in [7, 11) is 0. The average molecular weight is 264 g/mol. The number of rotatable bonds is 4. The average Bonchev–Trinajstić information content (AvgIpc) is 2.48. The summed E-state index contributed by atoms with van der Waals surface area (Å²) in [5.41, 5.74) is 0.525. The highest BCUT2D eigenvalue weighted by atomic mass is 16.5. The standard InChI is InChI=1S/C13H20N4O2/c1-3-10(2)16-13-14-8-11(9-15-13)12(18)17-4-6-19-7-5-17/h8-10H,3-7H2,1-2H3,(H,14,15,16).